The molecule has 0 aliphatic heterocycles. The Morgan fingerprint density at radius 3 is 2.16 bits per heavy atom. The van der Waals surface area contributed by atoms with Crippen LogP contribution < -0.4 is 14.4 Å². The maximum Gasteiger partial charge on any atom is 0.264 e. The molecule has 1 aliphatic rings. The van der Waals surface area contributed by atoms with Crippen molar-refractivity contribution in [3.8, 4) is 5.75 Å². The summed E-state index contributed by atoms with van der Waals surface area (Å²) in [6.07, 6.45) is 5.52. The van der Waals surface area contributed by atoms with Gasteiger partial charge in [0.25, 0.3) is 10.0 Å². The maximum absolute atomic E-state index is 14.4. The van der Waals surface area contributed by atoms with E-state index in [9.17, 15) is 18.0 Å². The molecule has 0 bridgehead atoms. The second-order valence-corrected chi connectivity index (χ2v) is 13.6. The molecule has 1 saturated carbocycles. The third kappa shape index (κ3) is 8.00. The highest BCUT2D eigenvalue weighted by atomic mass is 32.2. The Labute approximate surface area is 262 Å². The monoisotopic (exact) mass is 619 g/mol. The zero-order chi connectivity index (χ0) is 31.9. The average molecular weight is 620 g/mol. The van der Waals surface area contributed by atoms with Gasteiger partial charge >= 0.3 is 0 Å². The Balaban J connectivity index is 1.72. The van der Waals surface area contributed by atoms with Crippen LogP contribution in [0, 0.1) is 20.8 Å². The first-order valence-electron chi connectivity index (χ1n) is 15.4. The smallest absolute Gasteiger partial charge is 0.264 e. The summed E-state index contributed by atoms with van der Waals surface area (Å²) in [4.78, 5) is 29.7. The lowest BCUT2D eigenvalue weighted by atomic mass is 9.95. The van der Waals surface area contributed by atoms with Gasteiger partial charge in [-0.15, -0.1) is 0 Å². The first-order chi connectivity index (χ1) is 21.0. The number of sulfonamides is 1. The summed E-state index contributed by atoms with van der Waals surface area (Å²) in [5, 5.41) is 3.18. The molecule has 2 amide bonds. The summed E-state index contributed by atoms with van der Waals surface area (Å²) in [7, 11) is -2.53. The van der Waals surface area contributed by atoms with E-state index in [1.807, 2.05) is 58.0 Å². The molecule has 0 unspecified atom stereocenters. The van der Waals surface area contributed by atoms with Crippen molar-refractivity contribution in [1.82, 2.24) is 10.2 Å². The van der Waals surface area contributed by atoms with Crippen molar-refractivity contribution in [1.29, 1.82) is 0 Å². The van der Waals surface area contributed by atoms with Crippen LogP contribution >= 0.6 is 0 Å². The molecule has 1 atom stereocenters. The van der Waals surface area contributed by atoms with Crippen molar-refractivity contribution in [2.24, 2.45) is 0 Å². The largest absolute Gasteiger partial charge is 0.497 e. The molecule has 3 aromatic rings. The number of nitrogens with zero attached hydrogens (tertiary/aromatic N) is 2. The molecule has 236 valence electrons. The molecule has 0 heterocycles. The van der Waals surface area contributed by atoms with Gasteiger partial charge in [-0.1, -0.05) is 62.1 Å². The molecule has 1 fully saturated rings. The Morgan fingerprint density at radius 2 is 1.57 bits per heavy atom. The minimum atomic E-state index is -4.12. The molecular formula is C35H45N3O5S. The van der Waals surface area contributed by atoms with Crippen LogP contribution in [0.1, 0.15) is 67.7 Å². The fraction of sp³-hybridized carbons (Fsp3) is 0.429. The molecule has 3 aromatic carbocycles. The third-order valence-electron chi connectivity index (χ3n) is 8.52. The van der Waals surface area contributed by atoms with Gasteiger partial charge in [-0.3, -0.25) is 13.9 Å². The van der Waals surface area contributed by atoms with Crippen LogP contribution in [0.4, 0.5) is 5.69 Å². The summed E-state index contributed by atoms with van der Waals surface area (Å²) in [5.74, 6) is 0.0135. The van der Waals surface area contributed by atoms with Crippen LogP contribution in [0.5, 0.6) is 5.75 Å². The predicted octanol–water partition coefficient (Wildman–Crippen LogP) is 6.07. The molecule has 9 heteroatoms. The number of anilines is 1. The topological polar surface area (TPSA) is 96.0 Å². The molecule has 0 spiro atoms. The molecule has 44 heavy (non-hydrogen) atoms. The first kappa shape index (κ1) is 33.1. The second kappa shape index (κ2) is 14.8. The van der Waals surface area contributed by atoms with E-state index in [0.717, 1.165) is 54.4 Å². The van der Waals surface area contributed by atoms with E-state index in [1.54, 1.807) is 43.5 Å². The Kier molecular flexibility index (Phi) is 11.1. The van der Waals surface area contributed by atoms with E-state index in [-0.39, 0.29) is 23.4 Å². The maximum atomic E-state index is 14.4. The predicted molar refractivity (Wildman–Crippen MR) is 174 cm³/mol. The summed E-state index contributed by atoms with van der Waals surface area (Å²) in [5.41, 5.74) is 4.05. The highest BCUT2D eigenvalue weighted by Crippen LogP contribution is 2.27. The number of aryl methyl sites for hydroxylation is 3. The second-order valence-electron chi connectivity index (χ2n) is 11.7. The van der Waals surface area contributed by atoms with E-state index in [1.165, 1.54) is 9.21 Å². The minimum Gasteiger partial charge on any atom is -0.497 e. The molecule has 1 aliphatic carbocycles. The highest BCUT2D eigenvalue weighted by Gasteiger charge is 2.34. The van der Waals surface area contributed by atoms with Crippen LogP contribution in [-0.4, -0.2) is 50.9 Å². The van der Waals surface area contributed by atoms with Gasteiger partial charge in [0.1, 0.15) is 18.3 Å². The van der Waals surface area contributed by atoms with Gasteiger partial charge in [-0.2, -0.15) is 0 Å². The number of carbonyl (C=O) groups is 2. The van der Waals surface area contributed by atoms with Crippen LogP contribution in [-0.2, 0) is 26.2 Å². The summed E-state index contributed by atoms with van der Waals surface area (Å²) in [6, 6.07) is 18.6. The van der Waals surface area contributed by atoms with E-state index in [4.69, 9.17) is 4.74 Å². The summed E-state index contributed by atoms with van der Waals surface area (Å²) in [6.45, 7) is 7.32. The number of rotatable bonds is 12. The number of hydrogen-bond donors (Lipinski definition) is 1. The summed E-state index contributed by atoms with van der Waals surface area (Å²) < 4.78 is 34.7. The van der Waals surface area contributed by atoms with Crippen LogP contribution in [0.15, 0.2) is 71.6 Å². The van der Waals surface area contributed by atoms with Gasteiger partial charge in [0.05, 0.1) is 17.7 Å². The standard InChI is InChI=1S/C35H45N3O5S/c1-6-33(35(40)36-29-10-8-7-9-11-29)37(23-28-15-18-31(43-5)19-16-28)34(39)24-38(30-17-14-26(3)27(4)22-30)44(41,42)32-20-12-25(2)13-21-32/h12-22,29,33H,6-11,23-24H2,1-5H3,(H,36,40)/t33-/m0/s1. The Bertz CT molecular complexity index is 1530. The fourth-order valence-corrected chi connectivity index (χ4v) is 7.04. The number of nitrogens with one attached hydrogen (secondary N) is 1. The molecular weight excluding hydrogens is 574 g/mol. The van der Waals surface area contributed by atoms with Gasteiger partial charge in [0, 0.05) is 12.6 Å². The zero-order valence-electron chi connectivity index (χ0n) is 26.5. The zero-order valence-corrected chi connectivity index (χ0v) is 27.3. The number of hydrogen-bond acceptors (Lipinski definition) is 5. The number of amides is 2. The van der Waals surface area contributed by atoms with Crippen molar-refractivity contribution in [3.05, 3.63) is 89.0 Å². The van der Waals surface area contributed by atoms with E-state index >= 15 is 0 Å². The van der Waals surface area contributed by atoms with E-state index < -0.39 is 28.5 Å². The molecule has 0 aromatic heterocycles. The molecule has 0 radical (unpaired) electrons. The van der Waals surface area contributed by atoms with E-state index in [2.05, 4.69) is 5.32 Å². The lowest BCUT2D eigenvalue weighted by molar-refractivity contribution is -0.140. The van der Waals surface area contributed by atoms with Crippen LogP contribution in [0.25, 0.3) is 0 Å². The van der Waals surface area contributed by atoms with Gasteiger partial charge in [0.2, 0.25) is 11.8 Å². The van der Waals surface area contributed by atoms with Gasteiger partial charge in [-0.25, -0.2) is 8.42 Å². The molecule has 4 rings (SSSR count). The average Bonchev–Trinajstić information content (AvgIpc) is 3.02. The van der Waals surface area contributed by atoms with E-state index in [0.29, 0.717) is 17.9 Å². The van der Waals surface area contributed by atoms with Crippen LogP contribution in [0.2, 0.25) is 0 Å². The van der Waals surface area contributed by atoms with Gasteiger partial charge in [-0.05, 0) is 93.1 Å². The minimum absolute atomic E-state index is 0.0807. The fourth-order valence-electron chi connectivity index (χ4n) is 5.64. The van der Waals surface area contributed by atoms with Crippen molar-refractivity contribution in [3.63, 3.8) is 0 Å². The highest BCUT2D eigenvalue weighted by molar-refractivity contribution is 7.92. The SMILES string of the molecule is CC[C@@H](C(=O)NC1CCCCC1)N(Cc1ccc(OC)cc1)C(=O)CN(c1ccc(C)c(C)c1)S(=O)(=O)c1ccc(C)cc1. The van der Waals surface area contributed by atoms with Crippen molar-refractivity contribution >= 4 is 27.5 Å². The molecule has 1 N–H and O–H groups in total. The number of ether oxygens (including phenoxy) is 1. The molecule has 0 saturated heterocycles. The van der Waals surface area contributed by atoms with Gasteiger partial charge in [0.15, 0.2) is 0 Å². The summed E-state index contributed by atoms with van der Waals surface area (Å²) >= 11 is 0. The lowest BCUT2D eigenvalue weighted by Gasteiger charge is -2.34. The number of benzene rings is 3. The van der Waals surface area contributed by atoms with Crippen molar-refractivity contribution < 1.29 is 22.7 Å². The quantitative estimate of drug-likeness (QED) is 0.266. The van der Waals surface area contributed by atoms with Gasteiger partial charge < -0.3 is 15.0 Å². The van der Waals surface area contributed by atoms with Crippen molar-refractivity contribution in [2.45, 2.75) is 89.7 Å². The Morgan fingerprint density at radius 1 is 0.909 bits per heavy atom. The third-order valence-corrected chi connectivity index (χ3v) is 10.3. The normalized spacial score (nSPS) is 14.5. The van der Waals surface area contributed by atoms with Crippen molar-refractivity contribution in [2.75, 3.05) is 18.0 Å². The number of methoxy groups -OCH3 is 1. The number of carbonyl (C=O) groups excluding carboxylic acids is 2. The lowest BCUT2D eigenvalue weighted by Crippen LogP contribution is -2.54. The first-order valence-corrected chi connectivity index (χ1v) is 16.9. The van der Waals surface area contributed by atoms with Crippen LogP contribution in [0.3, 0.4) is 0 Å². The molecule has 8 nitrogen and oxygen atoms in total. The Hall–Kier alpha value is -3.85.